The second kappa shape index (κ2) is 6.86. The molecule has 96 valence electrons. The van der Waals surface area contributed by atoms with Crippen LogP contribution in [0.2, 0.25) is 0 Å². The summed E-state index contributed by atoms with van der Waals surface area (Å²) < 4.78 is 0. The monoisotopic (exact) mass is 230 g/mol. The van der Waals surface area contributed by atoms with Crippen molar-refractivity contribution in [2.45, 2.75) is 46.6 Å². The van der Waals surface area contributed by atoms with E-state index in [1.165, 1.54) is 0 Å². The zero-order chi connectivity index (χ0) is 12.8. The Morgan fingerprint density at radius 3 is 2.19 bits per heavy atom. The van der Waals surface area contributed by atoms with Crippen LogP contribution in [0.3, 0.4) is 0 Å². The molecule has 0 heterocycles. The number of rotatable bonds is 7. The molecule has 0 aliphatic rings. The van der Waals surface area contributed by atoms with Crippen molar-refractivity contribution < 1.29 is 9.90 Å². The molecule has 0 aromatic carbocycles. The van der Waals surface area contributed by atoms with Crippen molar-refractivity contribution in [3.05, 3.63) is 0 Å². The lowest BCUT2D eigenvalue weighted by molar-refractivity contribution is -0.123. The maximum atomic E-state index is 11.7. The fourth-order valence-electron chi connectivity index (χ4n) is 1.47. The molecule has 0 rings (SSSR count). The summed E-state index contributed by atoms with van der Waals surface area (Å²) in [6.07, 6.45) is 1.69. The van der Waals surface area contributed by atoms with E-state index in [-0.39, 0.29) is 23.8 Å². The van der Waals surface area contributed by atoms with Crippen molar-refractivity contribution in [2.24, 2.45) is 17.1 Å². The quantitative estimate of drug-likeness (QED) is 0.608. The predicted molar refractivity (Wildman–Crippen MR) is 65.9 cm³/mol. The Bertz CT molecular complexity index is 205. The largest absolute Gasteiger partial charge is 0.396 e. The van der Waals surface area contributed by atoms with Gasteiger partial charge in [-0.15, -0.1) is 0 Å². The lowest BCUT2D eigenvalue weighted by Crippen LogP contribution is -2.48. The SMILES string of the molecule is CCC(CC)(CO)CNC(=O)[C@@H](N)C(C)C. The van der Waals surface area contributed by atoms with Crippen molar-refractivity contribution in [1.82, 2.24) is 5.32 Å². The predicted octanol–water partition coefficient (Wildman–Crippen LogP) is 0.885. The van der Waals surface area contributed by atoms with Crippen LogP contribution in [0, 0.1) is 11.3 Å². The topological polar surface area (TPSA) is 75.3 Å². The minimum Gasteiger partial charge on any atom is -0.396 e. The Balaban J connectivity index is 4.26. The maximum absolute atomic E-state index is 11.7. The second-order valence-electron chi connectivity index (χ2n) is 4.85. The highest BCUT2D eigenvalue weighted by Crippen LogP contribution is 2.24. The molecule has 4 N–H and O–H groups in total. The summed E-state index contributed by atoms with van der Waals surface area (Å²) in [5, 5.41) is 12.2. The number of aliphatic hydroxyl groups is 1. The van der Waals surface area contributed by atoms with Crippen LogP contribution in [0.1, 0.15) is 40.5 Å². The van der Waals surface area contributed by atoms with Crippen LogP contribution in [0.25, 0.3) is 0 Å². The fraction of sp³-hybridized carbons (Fsp3) is 0.917. The molecule has 0 spiro atoms. The summed E-state index contributed by atoms with van der Waals surface area (Å²) in [6.45, 7) is 8.47. The third kappa shape index (κ3) is 4.10. The van der Waals surface area contributed by atoms with Gasteiger partial charge in [0.15, 0.2) is 0 Å². The number of hydrogen-bond donors (Lipinski definition) is 3. The van der Waals surface area contributed by atoms with Gasteiger partial charge < -0.3 is 16.2 Å². The zero-order valence-corrected chi connectivity index (χ0v) is 10.9. The van der Waals surface area contributed by atoms with E-state index in [1.807, 2.05) is 27.7 Å². The molecular formula is C12H26N2O2. The molecule has 0 aromatic rings. The fourth-order valence-corrected chi connectivity index (χ4v) is 1.47. The molecule has 4 heteroatoms. The van der Waals surface area contributed by atoms with Crippen molar-refractivity contribution in [3.63, 3.8) is 0 Å². The number of nitrogens with one attached hydrogen (secondary N) is 1. The molecule has 0 aliphatic heterocycles. The molecule has 0 bridgehead atoms. The zero-order valence-electron chi connectivity index (χ0n) is 10.9. The number of aliphatic hydroxyl groups excluding tert-OH is 1. The Kier molecular flexibility index (Phi) is 6.60. The standard InChI is InChI=1S/C12H26N2O2/c1-5-12(6-2,8-15)7-14-11(16)10(13)9(3)4/h9-10,15H,5-8,13H2,1-4H3,(H,14,16)/t10-/m0/s1. The molecule has 0 saturated heterocycles. The molecule has 4 nitrogen and oxygen atoms in total. The van der Waals surface area contributed by atoms with Crippen LogP contribution in [0.5, 0.6) is 0 Å². The minimum absolute atomic E-state index is 0.0944. The summed E-state index contributed by atoms with van der Waals surface area (Å²) in [6, 6.07) is -0.467. The van der Waals surface area contributed by atoms with Crippen LogP contribution in [-0.2, 0) is 4.79 Å². The highest BCUT2D eigenvalue weighted by molar-refractivity contribution is 5.81. The molecule has 0 saturated carbocycles. The average molecular weight is 230 g/mol. The molecule has 1 amide bonds. The maximum Gasteiger partial charge on any atom is 0.237 e. The Hall–Kier alpha value is -0.610. The summed E-state index contributed by atoms with van der Waals surface area (Å²) in [7, 11) is 0. The summed E-state index contributed by atoms with van der Waals surface area (Å²) in [4.78, 5) is 11.7. The number of carbonyl (C=O) groups excluding carboxylic acids is 1. The first-order valence-corrected chi connectivity index (χ1v) is 6.06. The Morgan fingerprint density at radius 1 is 1.38 bits per heavy atom. The molecule has 0 unspecified atom stereocenters. The molecule has 1 atom stereocenters. The number of carbonyl (C=O) groups is 1. The van der Waals surface area contributed by atoms with Gasteiger partial charge in [0.2, 0.25) is 5.91 Å². The van der Waals surface area contributed by atoms with Crippen LogP contribution in [0.4, 0.5) is 0 Å². The van der Waals surface area contributed by atoms with Crippen molar-refractivity contribution in [1.29, 1.82) is 0 Å². The van der Waals surface area contributed by atoms with Gasteiger partial charge >= 0.3 is 0 Å². The van der Waals surface area contributed by atoms with E-state index in [1.54, 1.807) is 0 Å². The normalized spacial score (nSPS) is 13.9. The number of amides is 1. The first-order chi connectivity index (χ1) is 7.42. The van der Waals surface area contributed by atoms with Crippen molar-refractivity contribution >= 4 is 5.91 Å². The highest BCUT2D eigenvalue weighted by Gasteiger charge is 2.27. The van der Waals surface area contributed by atoms with Gasteiger partial charge in [-0.1, -0.05) is 27.7 Å². The van der Waals surface area contributed by atoms with E-state index >= 15 is 0 Å². The molecule has 16 heavy (non-hydrogen) atoms. The molecule has 0 fully saturated rings. The van der Waals surface area contributed by atoms with Gasteiger partial charge in [0.25, 0.3) is 0 Å². The van der Waals surface area contributed by atoms with Gasteiger partial charge in [-0.3, -0.25) is 4.79 Å². The van der Waals surface area contributed by atoms with Gasteiger partial charge in [0, 0.05) is 12.0 Å². The molecule has 0 radical (unpaired) electrons. The van der Waals surface area contributed by atoms with E-state index < -0.39 is 6.04 Å². The van der Waals surface area contributed by atoms with Crippen LogP contribution in [-0.4, -0.2) is 30.2 Å². The number of hydrogen-bond acceptors (Lipinski definition) is 3. The molecule has 0 aromatic heterocycles. The lowest BCUT2D eigenvalue weighted by Gasteiger charge is -2.30. The summed E-state index contributed by atoms with van der Waals surface area (Å²) >= 11 is 0. The van der Waals surface area contributed by atoms with Gasteiger partial charge in [-0.25, -0.2) is 0 Å². The van der Waals surface area contributed by atoms with Gasteiger partial charge in [-0.05, 0) is 18.8 Å². The van der Waals surface area contributed by atoms with E-state index in [2.05, 4.69) is 5.32 Å². The minimum atomic E-state index is -0.467. The Morgan fingerprint density at radius 2 is 1.88 bits per heavy atom. The second-order valence-corrected chi connectivity index (χ2v) is 4.85. The van der Waals surface area contributed by atoms with Crippen LogP contribution in [0.15, 0.2) is 0 Å². The summed E-state index contributed by atoms with van der Waals surface area (Å²) in [5.41, 5.74) is 5.54. The lowest BCUT2D eigenvalue weighted by atomic mass is 9.83. The number of nitrogens with two attached hydrogens (primary N) is 1. The van der Waals surface area contributed by atoms with Gasteiger partial charge in [-0.2, -0.15) is 0 Å². The van der Waals surface area contributed by atoms with Crippen LogP contribution >= 0.6 is 0 Å². The third-order valence-corrected chi connectivity index (χ3v) is 3.49. The first kappa shape index (κ1) is 15.4. The average Bonchev–Trinajstić information content (AvgIpc) is 2.30. The van der Waals surface area contributed by atoms with Gasteiger partial charge in [0.1, 0.15) is 0 Å². The first-order valence-electron chi connectivity index (χ1n) is 6.06. The van der Waals surface area contributed by atoms with E-state index in [4.69, 9.17) is 5.73 Å². The molecule has 0 aliphatic carbocycles. The highest BCUT2D eigenvalue weighted by atomic mass is 16.3. The van der Waals surface area contributed by atoms with E-state index in [9.17, 15) is 9.90 Å². The summed E-state index contributed by atoms with van der Waals surface area (Å²) in [5.74, 6) is 0.00139. The van der Waals surface area contributed by atoms with Crippen molar-refractivity contribution in [3.8, 4) is 0 Å². The van der Waals surface area contributed by atoms with Gasteiger partial charge in [0.05, 0.1) is 12.6 Å². The van der Waals surface area contributed by atoms with E-state index in [0.717, 1.165) is 12.8 Å². The molecular weight excluding hydrogens is 204 g/mol. The third-order valence-electron chi connectivity index (χ3n) is 3.49. The van der Waals surface area contributed by atoms with E-state index in [0.29, 0.717) is 6.54 Å². The Labute approximate surface area is 98.6 Å². The van der Waals surface area contributed by atoms with Crippen molar-refractivity contribution in [2.75, 3.05) is 13.2 Å². The van der Waals surface area contributed by atoms with Crippen LogP contribution < -0.4 is 11.1 Å². The smallest absolute Gasteiger partial charge is 0.237 e.